The van der Waals surface area contributed by atoms with Gasteiger partial charge in [-0.3, -0.25) is 4.79 Å². The van der Waals surface area contributed by atoms with E-state index in [1.54, 1.807) is 29.2 Å². The first-order valence-corrected chi connectivity index (χ1v) is 8.81. The molecule has 2 N–H and O–H groups in total. The van der Waals surface area contributed by atoms with Crippen LogP contribution in [0.1, 0.15) is 27.7 Å². The van der Waals surface area contributed by atoms with Gasteiger partial charge in [0.15, 0.2) is 0 Å². The molecule has 1 amide bonds. The van der Waals surface area contributed by atoms with Gasteiger partial charge in [-0.25, -0.2) is 0 Å². The average molecular weight is 375 g/mol. The second-order valence-electron chi connectivity index (χ2n) is 6.16. The number of aliphatic hydroxyl groups excluding tert-OH is 1. The monoisotopic (exact) mass is 374 g/mol. The summed E-state index contributed by atoms with van der Waals surface area (Å²) in [6.07, 6.45) is 0.707. The zero-order chi connectivity index (χ0) is 17.6. The maximum atomic E-state index is 12.9. The molecular weight excluding hydrogens is 359 g/mol. The number of amides is 1. The molecule has 2 heterocycles. The van der Waals surface area contributed by atoms with Crippen LogP contribution in [-0.4, -0.2) is 34.0 Å². The number of nitrogens with zero attached hydrogens (tertiary/aromatic N) is 1. The third kappa shape index (κ3) is 2.80. The highest BCUT2D eigenvalue weighted by Crippen LogP contribution is 2.36. The number of benzene rings is 2. The van der Waals surface area contributed by atoms with Crippen molar-refractivity contribution < 1.29 is 9.90 Å². The Kier molecular flexibility index (Phi) is 4.20. The smallest absolute Gasteiger partial charge is 0.254 e. The third-order valence-electron chi connectivity index (χ3n) is 4.72. The molecule has 1 aliphatic rings. The van der Waals surface area contributed by atoms with Crippen LogP contribution in [0.15, 0.2) is 42.5 Å². The second kappa shape index (κ2) is 6.37. The maximum Gasteiger partial charge on any atom is 0.254 e. The van der Waals surface area contributed by atoms with E-state index in [2.05, 4.69) is 4.98 Å². The third-order valence-corrected chi connectivity index (χ3v) is 5.19. The van der Waals surface area contributed by atoms with Gasteiger partial charge in [-0.1, -0.05) is 29.3 Å². The number of H-pyrrole nitrogens is 1. The van der Waals surface area contributed by atoms with Crippen LogP contribution in [0.4, 0.5) is 0 Å². The normalized spacial score (nSPS) is 16.9. The van der Waals surface area contributed by atoms with E-state index in [0.29, 0.717) is 28.6 Å². The van der Waals surface area contributed by atoms with Crippen molar-refractivity contribution in [1.82, 2.24) is 9.88 Å². The van der Waals surface area contributed by atoms with Gasteiger partial charge in [-0.15, -0.1) is 0 Å². The number of hydrogen-bond donors (Lipinski definition) is 2. The van der Waals surface area contributed by atoms with Crippen molar-refractivity contribution in [3.05, 3.63) is 69.3 Å². The number of halogens is 2. The van der Waals surface area contributed by atoms with Crippen LogP contribution in [0, 0.1) is 0 Å². The minimum absolute atomic E-state index is 0.135. The Morgan fingerprint density at radius 3 is 2.76 bits per heavy atom. The first-order chi connectivity index (χ1) is 12.1. The van der Waals surface area contributed by atoms with E-state index in [4.69, 9.17) is 23.2 Å². The van der Waals surface area contributed by atoms with Crippen LogP contribution in [0.5, 0.6) is 0 Å². The number of fused-ring (bicyclic) bond motifs is 3. The SMILES string of the molecule is O=C(c1cccc(Cl)c1)N1CCc2c([nH]c3ccc(Cl)cc23)C1CO. The van der Waals surface area contributed by atoms with Crippen molar-refractivity contribution in [2.24, 2.45) is 0 Å². The summed E-state index contributed by atoms with van der Waals surface area (Å²) < 4.78 is 0. The number of aliphatic hydroxyl groups is 1. The molecule has 4 rings (SSSR count). The molecule has 1 unspecified atom stereocenters. The quantitative estimate of drug-likeness (QED) is 0.705. The Hall–Kier alpha value is -2.01. The molecule has 0 radical (unpaired) electrons. The van der Waals surface area contributed by atoms with Crippen LogP contribution in [-0.2, 0) is 6.42 Å². The van der Waals surface area contributed by atoms with Gasteiger partial charge >= 0.3 is 0 Å². The predicted octanol–water partition coefficient (Wildman–Crippen LogP) is 4.21. The van der Waals surface area contributed by atoms with Gasteiger partial charge in [0, 0.05) is 38.8 Å². The number of rotatable bonds is 2. The van der Waals surface area contributed by atoms with E-state index >= 15 is 0 Å². The van der Waals surface area contributed by atoms with Crippen molar-refractivity contribution >= 4 is 40.0 Å². The fourth-order valence-electron chi connectivity index (χ4n) is 3.56. The van der Waals surface area contributed by atoms with Gasteiger partial charge in [0.05, 0.1) is 12.6 Å². The molecule has 0 saturated heterocycles. The molecule has 3 aromatic rings. The zero-order valence-corrected chi connectivity index (χ0v) is 14.8. The molecular formula is C19H16Cl2N2O2. The minimum Gasteiger partial charge on any atom is -0.394 e. The summed E-state index contributed by atoms with van der Waals surface area (Å²) in [7, 11) is 0. The molecule has 1 aromatic heterocycles. The zero-order valence-electron chi connectivity index (χ0n) is 13.3. The Morgan fingerprint density at radius 2 is 2.00 bits per heavy atom. The topological polar surface area (TPSA) is 56.3 Å². The first-order valence-electron chi connectivity index (χ1n) is 8.06. The fourth-order valence-corrected chi connectivity index (χ4v) is 3.92. The van der Waals surface area contributed by atoms with Crippen LogP contribution in [0.25, 0.3) is 10.9 Å². The lowest BCUT2D eigenvalue weighted by atomic mass is 9.97. The van der Waals surface area contributed by atoms with Crippen molar-refractivity contribution in [3.8, 4) is 0 Å². The summed E-state index contributed by atoms with van der Waals surface area (Å²) in [6, 6.07) is 12.1. The van der Waals surface area contributed by atoms with Gasteiger partial charge < -0.3 is 15.0 Å². The first kappa shape index (κ1) is 16.5. The number of carbonyl (C=O) groups is 1. The molecule has 0 aliphatic carbocycles. The lowest BCUT2D eigenvalue weighted by molar-refractivity contribution is 0.0563. The average Bonchev–Trinajstić information content (AvgIpc) is 2.98. The van der Waals surface area contributed by atoms with E-state index in [0.717, 1.165) is 22.2 Å². The molecule has 25 heavy (non-hydrogen) atoms. The maximum absolute atomic E-state index is 12.9. The van der Waals surface area contributed by atoms with Gasteiger partial charge in [-0.05, 0) is 48.4 Å². The molecule has 4 nitrogen and oxygen atoms in total. The number of aromatic amines is 1. The Bertz CT molecular complexity index is 967. The molecule has 0 saturated carbocycles. The molecule has 1 aliphatic heterocycles. The van der Waals surface area contributed by atoms with Crippen molar-refractivity contribution in [2.45, 2.75) is 12.5 Å². The summed E-state index contributed by atoms with van der Waals surface area (Å²) in [6.45, 7) is 0.378. The van der Waals surface area contributed by atoms with Crippen molar-refractivity contribution in [1.29, 1.82) is 0 Å². The highest BCUT2D eigenvalue weighted by molar-refractivity contribution is 6.31. The minimum atomic E-state index is -0.415. The second-order valence-corrected chi connectivity index (χ2v) is 7.04. The number of aromatic nitrogens is 1. The summed E-state index contributed by atoms with van der Waals surface area (Å²) >= 11 is 12.1. The predicted molar refractivity (Wildman–Crippen MR) is 99.3 cm³/mol. The summed E-state index contributed by atoms with van der Waals surface area (Å²) in [5.74, 6) is -0.135. The van der Waals surface area contributed by atoms with Crippen LogP contribution < -0.4 is 0 Å². The van der Waals surface area contributed by atoms with Crippen molar-refractivity contribution in [2.75, 3.05) is 13.2 Å². The van der Waals surface area contributed by atoms with E-state index in [1.165, 1.54) is 0 Å². The van der Waals surface area contributed by atoms with Gasteiger partial charge in [0.2, 0.25) is 0 Å². The molecule has 1 atom stereocenters. The highest BCUT2D eigenvalue weighted by Gasteiger charge is 2.33. The number of hydrogen-bond acceptors (Lipinski definition) is 2. The molecule has 0 spiro atoms. The van der Waals surface area contributed by atoms with E-state index in [1.807, 2.05) is 18.2 Å². The lowest BCUT2D eigenvalue weighted by Gasteiger charge is -2.35. The summed E-state index contributed by atoms with van der Waals surface area (Å²) in [4.78, 5) is 18.0. The Morgan fingerprint density at radius 1 is 1.20 bits per heavy atom. The summed E-state index contributed by atoms with van der Waals surface area (Å²) in [5.41, 5.74) is 3.48. The Labute approximate surface area is 155 Å². The molecule has 2 aromatic carbocycles. The highest BCUT2D eigenvalue weighted by atomic mass is 35.5. The molecule has 128 valence electrons. The van der Waals surface area contributed by atoms with E-state index < -0.39 is 6.04 Å². The van der Waals surface area contributed by atoms with Crippen LogP contribution >= 0.6 is 23.2 Å². The number of nitrogens with one attached hydrogen (secondary N) is 1. The van der Waals surface area contributed by atoms with Gasteiger partial charge in [0.25, 0.3) is 5.91 Å². The van der Waals surface area contributed by atoms with Crippen molar-refractivity contribution in [3.63, 3.8) is 0 Å². The molecule has 0 fully saturated rings. The van der Waals surface area contributed by atoms with Gasteiger partial charge in [-0.2, -0.15) is 0 Å². The van der Waals surface area contributed by atoms with Crippen LogP contribution in [0.3, 0.4) is 0 Å². The molecule has 0 bridgehead atoms. The van der Waals surface area contributed by atoms with Crippen LogP contribution in [0.2, 0.25) is 10.0 Å². The summed E-state index contributed by atoms with van der Waals surface area (Å²) in [5, 5.41) is 12.2. The fraction of sp³-hybridized carbons (Fsp3) is 0.211. The standard InChI is InChI=1S/C19H16Cl2N2O2/c20-12-3-1-2-11(8-12)19(25)23-7-6-14-15-9-13(21)4-5-16(15)22-18(14)17(23)10-24/h1-5,8-9,17,22,24H,6-7,10H2. The largest absolute Gasteiger partial charge is 0.394 e. The molecule has 6 heteroatoms. The van der Waals surface area contributed by atoms with E-state index in [-0.39, 0.29) is 12.5 Å². The Balaban J connectivity index is 1.76. The number of carbonyl (C=O) groups excluding carboxylic acids is 1. The van der Waals surface area contributed by atoms with Gasteiger partial charge in [0.1, 0.15) is 0 Å². The lowest BCUT2D eigenvalue weighted by Crippen LogP contribution is -2.41. The van der Waals surface area contributed by atoms with E-state index in [9.17, 15) is 9.90 Å².